The molecule has 0 fully saturated rings. The van der Waals surface area contributed by atoms with Crippen LogP contribution in [0.2, 0.25) is 0 Å². The molecule has 2 aromatic carbocycles. The number of rotatable bonds is 3. The Hall–Kier alpha value is -3.06. The molecule has 2 atom stereocenters. The molecule has 1 aromatic heterocycles. The summed E-state index contributed by atoms with van der Waals surface area (Å²) < 4.78 is 31.1. The zero-order chi connectivity index (χ0) is 22.5. The second kappa shape index (κ2) is 7.81. The molecule has 3 aromatic rings. The van der Waals surface area contributed by atoms with E-state index in [0.29, 0.717) is 31.5 Å². The van der Waals surface area contributed by atoms with E-state index in [1.165, 1.54) is 30.5 Å². The molecule has 0 N–H and O–H groups in total. The Kier molecular flexibility index (Phi) is 5.08. The molecule has 0 spiro atoms. The molecule has 0 bridgehead atoms. The van der Waals surface area contributed by atoms with Crippen molar-refractivity contribution in [1.82, 2.24) is 4.98 Å². The van der Waals surface area contributed by atoms with Crippen LogP contribution < -0.4 is 4.90 Å². The molecule has 7 heteroatoms. The fourth-order valence-corrected chi connectivity index (χ4v) is 5.66. The summed E-state index contributed by atoms with van der Waals surface area (Å²) in [6.45, 7) is 0.511. The van der Waals surface area contributed by atoms with E-state index in [0.717, 1.165) is 16.8 Å². The summed E-state index contributed by atoms with van der Waals surface area (Å²) in [6.07, 6.45) is 5.15. The third-order valence-corrected chi connectivity index (χ3v) is 8.33. The van der Waals surface area contributed by atoms with Crippen molar-refractivity contribution in [3.63, 3.8) is 0 Å². The summed E-state index contributed by atoms with van der Waals surface area (Å²) >= 11 is 0. The summed E-state index contributed by atoms with van der Waals surface area (Å²) in [4.78, 5) is 19.7. The quantitative estimate of drug-likeness (QED) is 0.600. The van der Waals surface area contributed by atoms with Gasteiger partial charge in [-0.15, -0.1) is 0 Å². The predicted molar refractivity (Wildman–Crippen MR) is 124 cm³/mol. The molecule has 0 saturated carbocycles. The number of fused-ring (bicyclic) bond motifs is 2. The lowest BCUT2D eigenvalue weighted by atomic mass is 10.0. The highest BCUT2D eigenvalue weighted by Crippen LogP contribution is 2.37. The standard InChI is InChI=1S/C25H24FN3O2S/c1-27-32(2,31)24-15-23-18(14-21(24)26)8-10-29(23)25(30)20-11-16-6-7-17(12-19(16)13-20)22-5-3-4-9-28-22/h3-7,9,12,14-15,20H,8,10-11,13H2,1-2H3/t20-,32?/m1/s1. The van der Waals surface area contributed by atoms with E-state index < -0.39 is 15.5 Å². The smallest absolute Gasteiger partial charge is 0.230 e. The molecule has 164 valence electrons. The Bertz CT molecular complexity index is 1350. The van der Waals surface area contributed by atoms with E-state index in [9.17, 15) is 13.4 Å². The van der Waals surface area contributed by atoms with Crippen molar-refractivity contribution in [3.05, 3.63) is 77.2 Å². The number of carbonyl (C=O) groups is 1. The van der Waals surface area contributed by atoms with Gasteiger partial charge >= 0.3 is 0 Å². The van der Waals surface area contributed by atoms with E-state index in [2.05, 4.69) is 27.5 Å². The Morgan fingerprint density at radius 1 is 1.12 bits per heavy atom. The normalized spacial score (nSPS) is 18.7. The third-order valence-electron chi connectivity index (χ3n) is 6.50. The minimum atomic E-state index is -2.84. The Balaban J connectivity index is 1.42. The maximum Gasteiger partial charge on any atom is 0.230 e. The van der Waals surface area contributed by atoms with Crippen molar-refractivity contribution in [3.8, 4) is 11.3 Å². The Labute approximate surface area is 187 Å². The average Bonchev–Trinajstić information content (AvgIpc) is 3.42. The van der Waals surface area contributed by atoms with Gasteiger partial charge in [-0.2, -0.15) is 0 Å². The molecule has 0 radical (unpaired) electrons. The van der Waals surface area contributed by atoms with Gasteiger partial charge in [0.25, 0.3) is 0 Å². The molecule has 1 unspecified atom stereocenters. The molecule has 32 heavy (non-hydrogen) atoms. The molecule has 2 heterocycles. The van der Waals surface area contributed by atoms with Gasteiger partial charge in [0.15, 0.2) is 0 Å². The lowest BCUT2D eigenvalue weighted by Crippen LogP contribution is -2.35. The van der Waals surface area contributed by atoms with Crippen LogP contribution >= 0.6 is 0 Å². The SMILES string of the molecule is CN=S(C)(=O)c1cc2c(cc1F)CCN2C(=O)[C@@H]1Cc2ccc(-c3ccccn3)cc2C1. The zero-order valence-corrected chi connectivity index (χ0v) is 18.9. The second-order valence-corrected chi connectivity index (χ2v) is 10.8. The first-order chi connectivity index (χ1) is 15.4. The van der Waals surface area contributed by atoms with Crippen LogP contribution in [0.5, 0.6) is 0 Å². The number of benzene rings is 2. The van der Waals surface area contributed by atoms with Crippen molar-refractivity contribution in [2.75, 3.05) is 24.7 Å². The van der Waals surface area contributed by atoms with Gasteiger partial charge in [-0.3, -0.25) is 9.78 Å². The summed E-state index contributed by atoms with van der Waals surface area (Å²) in [5.74, 6) is -0.648. The monoisotopic (exact) mass is 449 g/mol. The van der Waals surface area contributed by atoms with Gasteiger partial charge in [-0.05, 0) is 66.3 Å². The predicted octanol–water partition coefficient (Wildman–Crippen LogP) is 4.28. The van der Waals surface area contributed by atoms with Crippen molar-refractivity contribution in [1.29, 1.82) is 0 Å². The molecule has 1 aliphatic carbocycles. The first-order valence-corrected chi connectivity index (χ1v) is 12.6. The molecule has 5 rings (SSSR count). The van der Waals surface area contributed by atoms with E-state index >= 15 is 0 Å². The number of anilines is 1. The van der Waals surface area contributed by atoms with Gasteiger partial charge < -0.3 is 4.90 Å². The largest absolute Gasteiger partial charge is 0.312 e. The van der Waals surface area contributed by atoms with Crippen molar-refractivity contribution < 1.29 is 13.4 Å². The zero-order valence-electron chi connectivity index (χ0n) is 18.0. The second-order valence-electron chi connectivity index (χ2n) is 8.44. The first-order valence-electron chi connectivity index (χ1n) is 10.6. The van der Waals surface area contributed by atoms with Gasteiger partial charge in [0, 0.05) is 43.2 Å². The minimum absolute atomic E-state index is 0.0351. The summed E-state index contributed by atoms with van der Waals surface area (Å²) in [7, 11) is -1.41. The van der Waals surface area contributed by atoms with Gasteiger partial charge in [-0.25, -0.2) is 13.0 Å². The molecule has 2 aliphatic rings. The molecule has 1 aliphatic heterocycles. The van der Waals surface area contributed by atoms with Crippen LogP contribution in [0.25, 0.3) is 11.3 Å². The Morgan fingerprint density at radius 2 is 1.94 bits per heavy atom. The third kappa shape index (κ3) is 3.50. The maximum atomic E-state index is 14.6. The van der Waals surface area contributed by atoms with Gasteiger partial charge in [0.1, 0.15) is 5.82 Å². The average molecular weight is 450 g/mol. The van der Waals surface area contributed by atoms with Crippen LogP contribution in [0.3, 0.4) is 0 Å². The fourth-order valence-electron chi connectivity index (χ4n) is 4.71. The van der Waals surface area contributed by atoms with Gasteiger partial charge in [0.05, 0.1) is 20.3 Å². The van der Waals surface area contributed by atoms with Crippen molar-refractivity contribution >= 4 is 21.3 Å². The van der Waals surface area contributed by atoms with Crippen LogP contribution in [0.15, 0.2) is 64.0 Å². The first kappa shape index (κ1) is 20.8. The molecule has 1 amide bonds. The fraction of sp³-hybridized carbons (Fsp3) is 0.280. The van der Waals surface area contributed by atoms with E-state index in [-0.39, 0.29) is 16.7 Å². The summed E-state index contributed by atoms with van der Waals surface area (Å²) in [5, 5.41) is 0. The number of hydrogen-bond donors (Lipinski definition) is 0. The number of pyridine rings is 1. The highest BCUT2D eigenvalue weighted by molar-refractivity contribution is 7.93. The van der Waals surface area contributed by atoms with Gasteiger partial charge in [-0.1, -0.05) is 18.2 Å². The number of carbonyl (C=O) groups excluding carboxylic acids is 1. The Morgan fingerprint density at radius 3 is 2.69 bits per heavy atom. The summed E-state index contributed by atoms with van der Waals surface area (Å²) in [5.41, 5.74) is 5.76. The molecular weight excluding hydrogens is 425 g/mol. The van der Waals surface area contributed by atoms with Crippen LogP contribution in [-0.4, -0.2) is 34.9 Å². The highest BCUT2D eigenvalue weighted by atomic mass is 32.2. The van der Waals surface area contributed by atoms with Crippen LogP contribution in [-0.2, 0) is 33.8 Å². The van der Waals surface area contributed by atoms with Crippen molar-refractivity contribution in [2.24, 2.45) is 10.3 Å². The number of aromatic nitrogens is 1. The minimum Gasteiger partial charge on any atom is -0.312 e. The number of hydrogen-bond acceptors (Lipinski definition) is 4. The lowest BCUT2D eigenvalue weighted by Gasteiger charge is -2.22. The van der Waals surface area contributed by atoms with Crippen molar-refractivity contribution in [2.45, 2.75) is 24.2 Å². The lowest BCUT2D eigenvalue weighted by molar-refractivity contribution is -0.122. The maximum absolute atomic E-state index is 14.6. The topological polar surface area (TPSA) is 62.6 Å². The number of amides is 1. The van der Waals surface area contributed by atoms with Crippen LogP contribution in [0, 0.1) is 11.7 Å². The highest BCUT2D eigenvalue weighted by Gasteiger charge is 2.35. The van der Waals surface area contributed by atoms with E-state index in [4.69, 9.17) is 0 Å². The van der Waals surface area contributed by atoms with E-state index in [1.807, 2.05) is 18.2 Å². The molecule has 5 nitrogen and oxygen atoms in total. The van der Waals surface area contributed by atoms with Crippen LogP contribution in [0.4, 0.5) is 10.1 Å². The van der Waals surface area contributed by atoms with E-state index in [1.54, 1.807) is 17.2 Å². The van der Waals surface area contributed by atoms with Gasteiger partial charge in [0.2, 0.25) is 5.91 Å². The number of nitrogens with zero attached hydrogens (tertiary/aromatic N) is 3. The summed E-state index contributed by atoms with van der Waals surface area (Å²) in [6, 6.07) is 15.1. The van der Waals surface area contributed by atoms with Crippen LogP contribution in [0.1, 0.15) is 16.7 Å². The molecular formula is C25H24FN3O2S. The molecule has 0 saturated heterocycles. The number of halogens is 1.